The number of rotatable bonds is 8. The highest BCUT2D eigenvalue weighted by Crippen LogP contribution is 2.55. The molecule has 0 radical (unpaired) electrons. The van der Waals surface area contributed by atoms with Crippen molar-refractivity contribution in [2.45, 2.75) is 103 Å². The SMILES string of the molecule is CC[C@H](C)C[C@H]1CCC2Cc3ncnc(O[C@H]4CC[C@H](N(C)CC(=O)N5CCCC5)CC4)c3C21. The van der Waals surface area contributed by atoms with E-state index in [1.807, 2.05) is 4.90 Å². The van der Waals surface area contributed by atoms with Crippen molar-refractivity contribution < 1.29 is 9.53 Å². The van der Waals surface area contributed by atoms with Gasteiger partial charge in [-0.25, -0.2) is 9.97 Å². The zero-order valence-electron chi connectivity index (χ0n) is 21.5. The fourth-order valence-corrected chi connectivity index (χ4v) is 7.24. The van der Waals surface area contributed by atoms with Gasteiger partial charge in [0.15, 0.2) is 0 Å². The number of hydrogen-bond acceptors (Lipinski definition) is 5. The van der Waals surface area contributed by atoms with Crippen molar-refractivity contribution in [2.75, 3.05) is 26.7 Å². The summed E-state index contributed by atoms with van der Waals surface area (Å²) in [6.07, 6.45) is 14.9. The predicted molar refractivity (Wildman–Crippen MR) is 134 cm³/mol. The third kappa shape index (κ3) is 4.98. The summed E-state index contributed by atoms with van der Waals surface area (Å²) < 4.78 is 6.63. The van der Waals surface area contributed by atoms with Gasteiger partial charge in [0.05, 0.1) is 12.2 Å². The molecule has 1 amide bonds. The molecule has 2 unspecified atom stereocenters. The standard InChI is InChI=1S/C28H44N4O2/c1-4-19(2)15-20-7-8-21-16-24-27(26(20)21)28(30-18-29-24)34-23-11-9-22(10-12-23)31(3)17-25(33)32-13-5-6-14-32/h18-23,26H,4-17H2,1-3H3/t19-,20+,21?,22-,23-,26?/m0/s1. The smallest absolute Gasteiger partial charge is 0.236 e. The van der Waals surface area contributed by atoms with Crippen molar-refractivity contribution in [2.24, 2.45) is 17.8 Å². The van der Waals surface area contributed by atoms with Gasteiger partial charge in [0, 0.05) is 24.7 Å². The summed E-state index contributed by atoms with van der Waals surface area (Å²) in [4.78, 5) is 26.2. The Bertz CT molecular complexity index is 847. The zero-order valence-corrected chi connectivity index (χ0v) is 21.5. The molecule has 6 heteroatoms. The minimum Gasteiger partial charge on any atom is -0.474 e. The Morgan fingerprint density at radius 3 is 2.65 bits per heavy atom. The van der Waals surface area contributed by atoms with Crippen molar-refractivity contribution in [1.82, 2.24) is 19.8 Å². The van der Waals surface area contributed by atoms with Crippen LogP contribution < -0.4 is 4.74 Å². The number of nitrogens with zero attached hydrogens (tertiary/aromatic N) is 4. The average Bonchev–Trinajstić information content (AvgIpc) is 3.58. The van der Waals surface area contributed by atoms with Gasteiger partial charge in [-0.2, -0.15) is 0 Å². The maximum Gasteiger partial charge on any atom is 0.236 e. The average molecular weight is 469 g/mol. The van der Waals surface area contributed by atoms with E-state index in [4.69, 9.17) is 9.72 Å². The molecule has 6 nitrogen and oxygen atoms in total. The van der Waals surface area contributed by atoms with Crippen LogP contribution in [0.5, 0.6) is 5.88 Å². The van der Waals surface area contributed by atoms with Gasteiger partial charge in [-0.1, -0.05) is 20.3 Å². The van der Waals surface area contributed by atoms with Gasteiger partial charge in [0.25, 0.3) is 0 Å². The number of fused-ring (bicyclic) bond motifs is 3. The molecule has 1 aromatic heterocycles. The third-order valence-corrected chi connectivity index (χ3v) is 9.43. The largest absolute Gasteiger partial charge is 0.474 e. The van der Waals surface area contributed by atoms with Crippen molar-refractivity contribution in [1.29, 1.82) is 0 Å². The first-order valence-corrected chi connectivity index (χ1v) is 14.0. The lowest BCUT2D eigenvalue weighted by atomic mass is 9.82. The summed E-state index contributed by atoms with van der Waals surface area (Å²) in [7, 11) is 2.12. The highest BCUT2D eigenvalue weighted by molar-refractivity contribution is 5.78. The molecule has 4 atom stereocenters. The van der Waals surface area contributed by atoms with Crippen molar-refractivity contribution in [3.63, 3.8) is 0 Å². The second-order valence-corrected chi connectivity index (χ2v) is 11.7. The zero-order chi connectivity index (χ0) is 23.7. The topological polar surface area (TPSA) is 58.6 Å². The summed E-state index contributed by atoms with van der Waals surface area (Å²) in [6.45, 7) is 7.15. The highest BCUT2D eigenvalue weighted by Gasteiger charge is 2.46. The quantitative estimate of drug-likeness (QED) is 0.547. The number of aromatic nitrogens is 2. The lowest BCUT2D eigenvalue weighted by Crippen LogP contribution is -2.44. The van der Waals surface area contributed by atoms with Crippen LogP contribution in [0.15, 0.2) is 6.33 Å². The van der Waals surface area contributed by atoms with E-state index >= 15 is 0 Å². The maximum absolute atomic E-state index is 12.6. The Hall–Kier alpha value is -1.69. The first-order valence-electron chi connectivity index (χ1n) is 14.0. The molecule has 1 aliphatic heterocycles. The monoisotopic (exact) mass is 468 g/mol. The molecule has 1 aromatic rings. The normalized spacial score (nSPS) is 31.5. The van der Waals surface area contributed by atoms with E-state index in [9.17, 15) is 4.79 Å². The van der Waals surface area contributed by atoms with Crippen LogP contribution in [-0.4, -0.2) is 64.5 Å². The molecule has 5 rings (SSSR count). The number of ether oxygens (including phenoxy) is 1. The molecule has 0 spiro atoms. The van der Waals surface area contributed by atoms with Crippen molar-refractivity contribution in [3.05, 3.63) is 17.6 Å². The van der Waals surface area contributed by atoms with Crippen LogP contribution in [0, 0.1) is 17.8 Å². The molecule has 0 bridgehead atoms. The molecule has 1 saturated heterocycles. The van der Waals surface area contributed by atoms with Crippen LogP contribution in [0.25, 0.3) is 0 Å². The van der Waals surface area contributed by atoms with Gasteiger partial charge in [-0.3, -0.25) is 9.69 Å². The minimum absolute atomic E-state index is 0.228. The molecule has 3 aliphatic carbocycles. The predicted octanol–water partition coefficient (Wildman–Crippen LogP) is 4.82. The molecular formula is C28H44N4O2. The van der Waals surface area contributed by atoms with E-state index in [1.165, 1.54) is 36.9 Å². The van der Waals surface area contributed by atoms with E-state index in [1.54, 1.807) is 6.33 Å². The number of amides is 1. The fraction of sp³-hybridized carbons (Fsp3) is 0.821. The summed E-state index contributed by atoms with van der Waals surface area (Å²) in [6, 6.07) is 0.474. The molecule has 2 heterocycles. The second-order valence-electron chi connectivity index (χ2n) is 11.7. The highest BCUT2D eigenvalue weighted by atomic mass is 16.5. The van der Waals surface area contributed by atoms with Crippen LogP contribution in [0.3, 0.4) is 0 Å². The van der Waals surface area contributed by atoms with E-state index in [-0.39, 0.29) is 6.10 Å². The second kappa shape index (κ2) is 10.5. The van der Waals surface area contributed by atoms with Crippen molar-refractivity contribution in [3.8, 4) is 5.88 Å². The molecule has 188 valence electrons. The van der Waals surface area contributed by atoms with Gasteiger partial charge in [0.1, 0.15) is 12.4 Å². The number of likely N-dealkylation sites (N-methyl/N-ethyl adjacent to an activating group) is 1. The number of hydrogen-bond donors (Lipinski definition) is 0. The molecule has 4 aliphatic rings. The fourth-order valence-electron chi connectivity index (χ4n) is 7.24. The van der Waals surface area contributed by atoms with Crippen LogP contribution in [0.2, 0.25) is 0 Å². The number of likely N-dealkylation sites (tertiary alicyclic amines) is 1. The Kier molecular flexibility index (Phi) is 7.43. The van der Waals surface area contributed by atoms with Gasteiger partial charge < -0.3 is 9.64 Å². The Balaban J connectivity index is 1.18. The number of carbonyl (C=O) groups excluding carboxylic acids is 1. The maximum atomic E-state index is 12.6. The summed E-state index contributed by atoms with van der Waals surface area (Å²) in [5.41, 5.74) is 2.61. The summed E-state index contributed by atoms with van der Waals surface area (Å²) in [5, 5.41) is 0. The lowest BCUT2D eigenvalue weighted by molar-refractivity contribution is -0.131. The molecule has 3 fully saturated rings. The van der Waals surface area contributed by atoms with Crippen LogP contribution >= 0.6 is 0 Å². The first-order chi connectivity index (χ1) is 16.5. The number of carbonyl (C=O) groups is 1. The van der Waals surface area contributed by atoms with Gasteiger partial charge in [-0.05, 0) is 94.9 Å². The summed E-state index contributed by atoms with van der Waals surface area (Å²) in [5.74, 6) is 4.06. The van der Waals surface area contributed by atoms with Gasteiger partial charge >= 0.3 is 0 Å². The van der Waals surface area contributed by atoms with E-state index in [0.717, 1.165) is 81.7 Å². The third-order valence-electron chi connectivity index (χ3n) is 9.43. The minimum atomic E-state index is 0.228. The van der Waals surface area contributed by atoms with E-state index in [0.29, 0.717) is 24.4 Å². The van der Waals surface area contributed by atoms with Crippen molar-refractivity contribution >= 4 is 5.91 Å². The van der Waals surface area contributed by atoms with Gasteiger partial charge in [0.2, 0.25) is 11.8 Å². The summed E-state index contributed by atoms with van der Waals surface area (Å²) >= 11 is 0. The van der Waals surface area contributed by atoms with E-state index < -0.39 is 0 Å². The van der Waals surface area contributed by atoms with E-state index in [2.05, 4.69) is 30.8 Å². The molecule has 0 N–H and O–H groups in total. The van der Waals surface area contributed by atoms with Crippen LogP contribution in [0.4, 0.5) is 0 Å². The molecule has 0 aromatic carbocycles. The van der Waals surface area contributed by atoms with Crippen LogP contribution in [-0.2, 0) is 11.2 Å². The Labute approximate surface area is 205 Å². The lowest BCUT2D eigenvalue weighted by Gasteiger charge is -2.35. The Morgan fingerprint density at radius 2 is 1.91 bits per heavy atom. The Morgan fingerprint density at radius 1 is 1.15 bits per heavy atom. The molecular weight excluding hydrogens is 424 g/mol. The molecule has 34 heavy (non-hydrogen) atoms. The molecule has 2 saturated carbocycles. The van der Waals surface area contributed by atoms with Crippen LogP contribution in [0.1, 0.15) is 95.2 Å². The van der Waals surface area contributed by atoms with Gasteiger partial charge in [-0.15, -0.1) is 0 Å². The first kappa shape index (κ1) is 24.0.